The second-order valence-electron chi connectivity index (χ2n) is 2.55. The Morgan fingerprint density at radius 1 is 1.33 bits per heavy atom. The summed E-state index contributed by atoms with van der Waals surface area (Å²) in [6, 6.07) is -0.408. The number of aliphatic hydroxyl groups excluding tert-OH is 2. The molecular formula is C7H15NO4. The van der Waals surface area contributed by atoms with Gasteiger partial charge in [0.1, 0.15) is 0 Å². The van der Waals surface area contributed by atoms with Crippen LogP contribution in [-0.2, 0) is 0 Å². The highest BCUT2D eigenvalue weighted by atomic mass is 16.4. The average molecular weight is 177 g/mol. The zero-order valence-electron chi connectivity index (χ0n) is 6.86. The highest BCUT2D eigenvalue weighted by Gasteiger charge is 2.08. The van der Waals surface area contributed by atoms with E-state index < -0.39 is 12.1 Å². The Kier molecular flexibility index (Phi) is 6.41. The van der Waals surface area contributed by atoms with Gasteiger partial charge in [0.25, 0.3) is 0 Å². The van der Waals surface area contributed by atoms with Gasteiger partial charge >= 0.3 is 6.09 Å². The minimum atomic E-state index is -1.13. The van der Waals surface area contributed by atoms with E-state index in [1.165, 1.54) is 0 Å². The van der Waals surface area contributed by atoms with Gasteiger partial charge in [0.15, 0.2) is 0 Å². The molecular weight excluding hydrogens is 162 g/mol. The number of nitrogens with one attached hydrogen (secondary N) is 1. The summed E-state index contributed by atoms with van der Waals surface area (Å²) in [4.78, 5) is 10.1. The van der Waals surface area contributed by atoms with Crippen molar-refractivity contribution in [2.45, 2.75) is 25.3 Å². The van der Waals surface area contributed by atoms with Crippen molar-refractivity contribution in [3.05, 3.63) is 0 Å². The van der Waals surface area contributed by atoms with Gasteiger partial charge < -0.3 is 20.6 Å². The first-order valence-electron chi connectivity index (χ1n) is 3.92. The lowest BCUT2D eigenvalue weighted by Crippen LogP contribution is -2.36. The monoisotopic (exact) mass is 177 g/mol. The molecule has 0 spiro atoms. The zero-order valence-corrected chi connectivity index (χ0v) is 6.86. The van der Waals surface area contributed by atoms with Crippen LogP contribution in [0.1, 0.15) is 19.3 Å². The quantitative estimate of drug-likeness (QED) is 0.422. The minimum Gasteiger partial charge on any atom is -0.465 e. The summed E-state index contributed by atoms with van der Waals surface area (Å²) in [5.41, 5.74) is 0. The molecule has 5 heteroatoms. The predicted octanol–water partition coefficient (Wildman–Crippen LogP) is -0.223. The Balaban J connectivity index is 3.46. The van der Waals surface area contributed by atoms with Crippen LogP contribution in [0.25, 0.3) is 0 Å². The van der Waals surface area contributed by atoms with Crippen molar-refractivity contribution in [2.24, 2.45) is 0 Å². The number of hydrogen-bond donors (Lipinski definition) is 4. The van der Waals surface area contributed by atoms with Gasteiger partial charge in [-0.25, -0.2) is 4.79 Å². The van der Waals surface area contributed by atoms with Crippen LogP contribution in [0.4, 0.5) is 4.79 Å². The summed E-state index contributed by atoms with van der Waals surface area (Å²) >= 11 is 0. The maximum atomic E-state index is 10.1. The molecule has 0 aromatic heterocycles. The number of amides is 1. The van der Waals surface area contributed by atoms with E-state index in [0.29, 0.717) is 19.3 Å². The molecule has 0 aromatic carbocycles. The summed E-state index contributed by atoms with van der Waals surface area (Å²) in [5, 5.41) is 27.6. The van der Waals surface area contributed by atoms with Crippen LogP contribution in [0.3, 0.4) is 0 Å². The van der Waals surface area contributed by atoms with Gasteiger partial charge in [0.05, 0.1) is 12.6 Å². The van der Waals surface area contributed by atoms with Crippen molar-refractivity contribution < 1.29 is 20.1 Å². The van der Waals surface area contributed by atoms with E-state index in [4.69, 9.17) is 15.3 Å². The lowest BCUT2D eigenvalue weighted by Gasteiger charge is -2.12. The number of carboxylic acid groups (broad SMARTS) is 1. The molecule has 5 nitrogen and oxygen atoms in total. The molecule has 0 bridgehead atoms. The fraction of sp³-hybridized carbons (Fsp3) is 0.857. The molecule has 0 aliphatic rings. The molecule has 0 radical (unpaired) electrons. The number of aliphatic hydroxyl groups is 2. The second-order valence-corrected chi connectivity index (χ2v) is 2.55. The maximum Gasteiger partial charge on any atom is 0.404 e. The van der Waals surface area contributed by atoms with Gasteiger partial charge in [-0.15, -0.1) is 0 Å². The Bertz CT molecular complexity index is 129. The van der Waals surface area contributed by atoms with E-state index in [-0.39, 0.29) is 13.2 Å². The van der Waals surface area contributed by atoms with E-state index in [9.17, 15) is 4.79 Å². The predicted molar refractivity (Wildman–Crippen MR) is 43.0 cm³/mol. The van der Waals surface area contributed by atoms with Crippen molar-refractivity contribution in [3.63, 3.8) is 0 Å². The average Bonchev–Trinajstić information content (AvgIpc) is 2.02. The normalized spacial score (nSPS) is 12.5. The van der Waals surface area contributed by atoms with Gasteiger partial charge in [-0.3, -0.25) is 0 Å². The van der Waals surface area contributed by atoms with Crippen molar-refractivity contribution in [1.29, 1.82) is 0 Å². The highest BCUT2D eigenvalue weighted by Crippen LogP contribution is 1.99. The van der Waals surface area contributed by atoms with E-state index in [1.807, 2.05) is 0 Å². The van der Waals surface area contributed by atoms with E-state index in [2.05, 4.69) is 5.32 Å². The van der Waals surface area contributed by atoms with E-state index >= 15 is 0 Å². The molecule has 0 heterocycles. The largest absolute Gasteiger partial charge is 0.465 e. The summed E-state index contributed by atoms with van der Waals surface area (Å²) in [7, 11) is 0. The third-order valence-corrected chi connectivity index (χ3v) is 1.51. The van der Waals surface area contributed by atoms with Crippen LogP contribution in [-0.4, -0.2) is 40.7 Å². The van der Waals surface area contributed by atoms with Gasteiger partial charge in [-0.2, -0.15) is 0 Å². The Labute approximate surface area is 71.0 Å². The van der Waals surface area contributed by atoms with Gasteiger partial charge in [-0.1, -0.05) is 0 Å². The molecule has 1 unspecified atom stereocenters. The molecule has 0 rings (SSSR count). The lowest BCUT2D eigenvalue weighted by molar-refractivity contribution is 0.174. The number of unbranched alkanes of at least 4 members (excludes halogenated alkanes) is 1. The number of rotatable bonds is 6. The van der Waals surface area contributed by atoms with E-state index in [0.717, 1.165) is 0 Å². The fourth-order valence-corrected chi connectivity index (χ4v) is 0.886. The minimum absolute atomic E-state index is 0.102. The summed E-state index contributed by atoms with van der Waals surface area (Å²) in [6.45, 7) is -0.0943. The van der Waals surface area contributed by atoms with Gasteiger partial charge in [-0.05, 0) is 19.3 Å². The van der Waals surface area contributed by atoms with Crippen LogP contribution in [0.15, 0.2) is 0 Å². The van der Waals surface area contributed by atoms with Crippen LogP contribution in [0.5, 0.6) is 0 Å². The Morgan fingerprint density at radius 3 is 2.42 bits per heavy atom. The molecule has 0 aromatic rings. The lowest BCUT2D eigenvalue weighted by atomic mass is 10.1. The first-order chi connectivity index (χ1) is 5.70. The van der Waals surface area contributed by atoms with Crippen molar-refractivity contribution >= 4 is 6.09 Å². The molecule has 72 valence electrons. The van der Waals surface area contributed by atoms with Crippen LogP contribution in [0, 0.1) is 0 Å². The van der Waals surface area contributed by atoms with E-state index in [1.54, 1.807) is 0 Å². The zero-order chi connectivity index (χ0) is 9.40. The highest BCUT2D eigenvalue weighted by molar-refractivity contribution is 5.64. The molecule has 0 saturated carbocycles. The van der Waals surface area contributed by atoms with Crippen LogP contribution >= 0.6 is 0 Å². The Morgan fingerprint density at radius 2 is 2.00 bits per heavy atom. The molecule has 0 fully saturated rings. The summed E-state index contributed by atoms with van der Waals surface area (Å²) in [6.07, 6.45) is 0.779. The first kappa shape index (κ1) is 11.2. The van der Waals surface area contributed by atoms with Crippen molar-refractivity contribution in [1.82, 2.24) is 5.32 Å². The molecule has 0 saturated heterocycles. The molecule has 1 atom stereocenters. The first-order valence-corrected chi connectivity index (χ1v) is 3.92. The summed E-state index contributed by atoms with van der Waals surface area (Å²) < 4.78 is 0. The number of carbonyl (C=O) groups is 1. The number of hydrogen-bond acceptors (Lipinski definition) is 3. The Hall–Kier alpha value is -0.810. The second kappa shape index (κ2) is 6.87. The third-order valence-electron chi connectivity index (χ3n) is 1.51. The fourth-order valence-electron chi connectivity index (χ4n) is 0.886. The van der Waals surface area contributed by atoms with Crippen molar-refractivity contribution in [3.8, 4) is 0 Å². The standard InChI is InChI=1S/C7H15NO4/c9-4-2-1-3-6(5-10)8-7(11)12/h6,8-10H,1-5H2,(H,11,12). The van der Waals surface area contributed by atoms with Gasteiger partial charge in [0, 0.05) is 6.61 Å². The molecule has 0 aliphatic carbocycles. The maximum absolute atomic E-state index is 10.1. The molecule has 0 aliphatic heterocycles. The SMILES string of the molecule is O=C(O)NC(CO)CCCCO. The van der Waals surface area contributed by atoms with Crippen LogP contribution < -0.4 is 5.32 Å². The summed E-state index contributed by atoms with van der Waals surface area (Å²) in [5.74, 6) is 0. The van der Waals surface area contributed by atoms with Gasteiger partial charge in [0.2, 0.25) is 0 Å². The molecule has 12 heavy (non-hydrogen) atoms. The smallest absolute Gasteiger partial charge is 0.404 e. The topological polar surface area (TPSA) is 89.8 Å². The van der Waals surface area contributed by atoms with Crippen LogP contribution in [0.2, 0.25) is 0 Å². The molecule has 4 N–H and O–H groups in total. The van der Waals surface area contributed by atoms with Crippen molar-refractivity contribution in [2.75, 3.05) is 13.2 Å². The third kappa shape index (κ3) is 5.94. The molecule has 1 amide bonds.